The fourth-order valence-electron chi connectivity index (χ4n) is 3.11. The predicted octanol–water partition coefficient (Wildman–Crippen LogP) is 3.95. The number of Topliss-reactive ketones (excluding diaryl/α,β-unsaturated/α-hetero) is 1. The molecule has 1 fully saturated rings. The van der Waals surface area contributed by atoms with Crippen LogP contribution in [0.5, 0.6) is 0 Å². The lowest BCUT2D eigenvalue weighted by atomic mass is 9.82. The number of halogens is 2. The molecule has 3 atom stereocenters. The van der Waals surface area contributed by atoms with Gasteiger partial charge in [0.1, 0.15) is 17.9 Å². The summed E-state index contributed by atoms with van der Waals surface area (Å²) in [5, 5.41) is 3.72. The van der Waals surface area contributed by atoms with Crippen LogP contribution < -0.4 is 5.32 Å². The molecule has 0 saturated carbocycles. The largest absolute Gasteiger partial charge is 0.333 e. The molecule has 0 aromatic heterocycles. The molecule has 0 spiro atoms. The molecular formula is C18H18Cl2NO+. The van der Waals surface area contributed by atoms with Crippen LogP contribution in [0.15, 0.2) is 48.5 Å². The lowest BCUT2D eigenvalue weighted by Gasteiger charge is -2.32. The number of hydrogen-bond donors (Lipinski definition) is 1. The lowest BCUT2D eigenvalue weighted by Crippen LogP contribution is -2.90. The summed E-state index contributed by atoms with van der Waals surface area (Å²) in [5.41, 5.74) is 2.28. The Morgan fingerprint density at radius 3 is 1.95 bits per heavy atom. The fraction of sp³-hybridized carbons (Fsp3) is 0.278. The molecule has 0 bridgehead atoms. The highest BCUT2D eigenvalue weighted by Crippen LogP contribution is 2.29. The molecule has 1 aliphatic heterocycles. The Balaban J connectivity index is 1.88. The van der Waals surface area contributed by atoms with Gasteiger partial charge in [0.05, 0.1) is 12.3 Å². The van der Waals surface area contributed by atoms with Gasteiger partial charge in [0, 0.05) is 21.2 Å². The van der Waals surface area contributed by atoms with Crippen LogP contribution in [0.3, 0.4) is 0 Å². The molecule has 0 amide bonds. The van der Waals surface area contributed by atoms with E-state index in [4.69, 9.17) is 23.2 Å². The summed E-state index contributed by atoms with van der Waals surface area (Å²) in [6.07, 6.45) is 0.562. The molecule has 0 unspecified atom stereocenters. The monoisotopic (exact) mass is 334 g/mol. The number of carbonyl (C=O) groups excluding carboxylic acids is 1. The second kappa shape index (κ2) is 6.41. The number of nitrogens with two attached hydrogens (primary N) is 1. The third-order valence-corrected chi connectivity index (χ3v) is 4.96. The lowest BCUT2D eigenvalue weighted by molar-refractivity contribution is -0.742. The molecule has 114 valence electrons. The highest BCUT2D eigenvalue weighted by atomic mass is 35.5. The summed E-state index contributed by atoms with van der Waals surface area (Å²) in [5.74, 6) is 0.312. The molecule has 1 heterocycles. The Kier molecular flexibility index (Phi) is 4.53. The molecule has 0 radical (unpaired) electrons. The van der Waals surface area contributed by atoms with E-state index >= 15 is 0 Å². The first-order valence-corrected chi connectivity index (χ1v) is 8.19. The number of rotatable bonds is 2. The van der Waals surface area contributed by atoms with Gasteiger partial charge in [0.2, 0.25) is 0 Å². The first-order valence-electron chi connectivity index (χ1n) is 7.43. The summed E-state index contributed by atoms with van der Waals surface area (Å²) in [7, 11) is 0. The average molecular weight is 335 g/mol. The smallest absolute Gasteiger partial charge is 0.148 e. The number of carbonyl (C=O) groups is 1. The van der Waals surface area contributed by atoms with E-state index in [-0.39, 0.29) is 18.0 Å². The quantitative estimate of drug-likeness (QED) is 0.886. The highest BCUT2D eigenvalue weighted by Gasteiger charge is 2.38. The van der Waals surface area contributed by atoms with Gasteiger partial charge >= 0.3 is 0 Å². The maximum Gasteiger partial charge on any atom is 0.148 e. The standard InChI is InChI=1S/C18H17Cl2NO/c1-11-17(22)10-16(12-2-6-14(19)7-3-12)21-18(11)13-4-8-15(20)9-5-13/h2-9,11,16,18,21H,10H2,1H3/p+1/t11-,16-,18-/m0/s1. The number of hydrogen-bond acceptors (Lipinski definition) is 1. The van der Waals surface area contributed by atoms with Gasteiger partial charge in [0.25, 0.3) is 0 Å². The van der Waals surface area contributed by atoms with Crippen LogP contribution >= 0.6 is 23.2 Å². The molecule has 0 aliphatic carbocycles. The summed E-state index contributed by atoms with van der Waals surface area (Å²) in [6.45, 7) is 2.01. The molecule has 22 heavy (non-hydrogen) atoms. The van der Waals surface area contributed by atoms with E-state index in [9.17, 15) is 4.79 Å². The first-order chi connectivity index (χ1) is 10.5. The number of quaternary nitrogens is 1. The highest BCUT2D eigenvalue weighted by molar-refractivity contribution is 6.30. The van der Waals surface area contributed by atoms with Crippen molar-refractivity contribution in [1.82, 2.24) is 0 Å². The van der Waals surface area contributed by atoms with Crippen molar-refractivity contribution in [1.29, 1.82) is 0 Å². The zero-order valence-corrected chi connectivity index (χ0v) is 13.8. The summed E-state index contributed by atoms with van der Waals surface area (Å²) in [4.78, 5) is 12.4. The molecule has 2 aromatic rings. The van der Waals surface area contributed by atoms with Crippen molar-refractivity contribution in [2.24, 2.45) is 5.92 Å². The van der Waals surface area contributed by atoms with Crippen LogP contribution in [0.4, 0.5) is 0 Å². The zero-order chi connectivity index (χ0) is 15.7. The van der Waals surface area contributed by atoms with Gasteiger partial charge in [-0.2, -0.15) is 0 Å². The minimum Gasteiger partial charge on any atom is -0.333 e. The van der Waals surface area contributed by atoms with Gasteiger partial charge in [0.15, 0.2) is 0 Å². The van der Waals surface area contributed by atoms with Crippen molar-refractivity contribution in [3.63, 3.8) is 0 Å². The Labute approximate surface area is 140 Å². The van der Waals surface area contributed by atoms with Crippen LogP contribution in [0.25, 0.3) is 0 Å². The van der Waals surface area contributed by atoms with Crippen molar-refractivity contribution < 1.29 is 10.1 Å². The van der Waals surface area contributed by atoms with Gasteiger partial charge in [-0.05, 0) is 31.2 Å². The van der Waals surface area contributed by atoms with E-state index < -0.39 is 0 Å². The maximum atomic E-state index is 12.4. The fourth-order valence-corrected chi connectivity index (χ4v) is 3.36. The van der Waals surface area contributed by atoms with Crippen LogP contribution in [0.1, 0.15) is 36.6 Å². The topological polar surface area (TPSA) is 33.7 Å². The minimum atomic E-state index is 0.00438. The van der Waals surface area contributed by atoms with E-state index in [1.165, 1.54) is 0 Å². The third kappa shape index (κ3) is 3.19. The second-order valence-electron chi connectivity index (χ2n) is 5.89. The van der Waals surface area contributed by atoms with Crippen LogP contribution in [-0.4, -0.2) is 5.78 Å². The normalized spacial score (nSPS) is 25.2. The number of piperidine rings is 1. The van der Waals surface area contributed by atoms with Crippen molar-refractivity contribution in [2.75, 3.05) is 0 Å². The third-order valence-electron chi connectivity index (χ3n) is 4.46. The van der Waals surface area contributed by atoms with Gasteiger partial charge in [-0.25, -0.2) is 0 Å². The Bertz CT molecular complexity index is 666. The van der Waals surface area contributed by atoms with Crippen molar-refractivity contribution >= 4 is 29.0 Å². The summed E-state index contributed by atoms with van der Waals surface area (Å²) in [6, 6.07) is 15.8. The van der Waals surface area contributed by atoms with Crippen molar-refractivity contribution in [2.45, 2.75) is 25.4 Å². The molecule has 2 nitrogen and oxygen atoms in total. The van der Waals surface area contributed by atoms with Gasteiger partial charge in [-0.3, -0.25) is 4.79 Å². The van der Waals surface area contributed by atoms with Crippen molar-refractivity contribution in [3.8, 4) is 0 Å². The van der Waals surface area contributed by atoms with E-state index in [1.807, 2.05) is 55.5 Å². The minimum absolute atomic E-state index is 0.00438. The Hall–Kier alpha value is -1.35. The van der Waals surface area contributed by atoms with Gasteiger partial charge in [-0.15, -0.1) is 0 Å². The van der Waals surface area contributed by atoms with E-state index in [1.54, 1.807) is 0 Å². The second-order valence-corrected chi connectivity index (χ2v) is 6.76. The van der Waals surface area contributed by atoms with E-state index in [0.29, 0.717) is 22.2 Å². The molecule has 4 heteroatoms. The number of ketones is 1. The average Bonchev–Trinajstić information content (AvgIpc) is 2.52. The van der Waals surface area contributed by atoms with Crippen LogP contribution in [-0.2, 0) is 4.79 Å². The molecule has 2 aromatic carbocycles. The van der Waals surface area contributed by atoms with E-state index in [2.05, 4.69) is 5.32 Å². The van der Waals surface area contributed by atoms with Crippen LogP contribution in [0.2, 0.25) is 10.0 Å². The molecule has 1 aliphatic rings. The molecule has 1 saturated heterocycles. The van der Waals surface area contributed by atoms with Gasteiger partial charge in [-0.1, -0.05) is 47.5 Å². The summed E-state index contributed by atoms with van der Waals surface area (Å²) < 4.78 is 0. The van der Waals surface area contributed by atoms with Crippen LogP contribution in [0, 0.1) is 5.92 Å². The van der Waals surface area contributed by atoms with Crippen molar-refractivity contribution in [3.05, 3.63) is 69.7 Å². The Morgan fingerprint density at radius 1 is 0.909 bits per heavy atom. The molecule has 3 rings (SSSR count). The van der Waals surface area contributed by atoms with E-state index in [0.717, 1.165) is 11.1 Å². The first kappa shape index (κ1) is 15.5. The van der Waals surface area contributed by atoms with Gasteiger partial charge < -0.3 is 5.32 Å². The SMILES string of the molecule is C[C@H]1C(=O)C[C@@H](c2ccc(Cl)cc2)[NH2+][C@@H]1c1ccc(Cl)cc1. The maximum absolute atomic E-state index is 12.4. The molecular weight excluding hydrogens is 317 g/mol. The molecule has 2 N–H and O–H groups in total. The zero-order valence-electron chi connectivity index (χ0n) is 12.3. The predicted molar refractivity (Wildman–Crippen MR) is 89.1 cm³/mol. The summed E-state index contributed by atoms with van der Waals surface area (Å²) >= 11 is 11.9. The Morgan fingerprint density at radius 2 is 1.41 bits per heavy atom. The number of benzene rings is 2.